The smallest absolute Gasteiger partial charge is 0.222 e. The van der Waals surface area contributed by atoms with Crippen molar-refractivity contribution < 1.29 is 4.79 Å². The van der Waals surface area contributed by atoms with Crippen LogP contribution in [0.3, 0.4) is 0 Å². The quantitative estimate of drug-likeness (QED) is 0.741. The third kappa shape index (κ3) is 1.86. The average molecular weight is 194 g/mol. The summed E-state index contributed by atoms with van der Waals surface area (Å²) in [5, 5.41) is 4.05. The first kappa shape index (κ1) is 9.05. The Morgan fingerprint density at radius 3 is 2.93 bits per heavy atom. The van der Waals surface area contributed by atoms with E-state index >= 15 is 0 Å². The second-order valence-corrected chi connectivity index (χ2v) is 3.49. The number of aromatic nitrogens is 2. The van der Waals surface area contributed by atoms with E-state index in [1.165, 1.54) is 0 Å². The number of hydrogen-bond acceptors (Lipinski definition) is 3. The highest BCUT2D eigenvalue weighted by Crippen LogP contribution is 2.09. The van der Waals surface area contributed by atoms with Crippen LogP contribution in [-0.4, -0.2) is 33.7 Å². The van der Waals surface area contributed by atoms with Gasteiger partial charge in [-0.15, -0.1) is 0 Å². The van der Waals surface area contributed by atoms with Crippen molar-refractivity contribution in [3.63, 3.8) is 0 Å². The van der Waals surface area contributed by atoms with Gasteiger partial charge in [-0.3, -0.25) is 9.48 Å². The molecule has 0 unspecified atom stereocenters. The molecule has 1 aromatic rings. The minimum atomic E-state index is 0.255. The van der Waals surface area contributed by atoms with Gasteiger partial charge < -0.3 is 10.6 Å². The van der Waals surface area contributed by atoms with Crippen LogP contribution in [0.4, 0.5) is 5.82 Å². The topological polar surface area (TPSA) is 64.2 Å². The van der Waals surface area contributed by atoms with Crippen LogP contribution in [0.15, 0.2) is 12.3 Å². The molecule has 2 heterocycles. The van der Waals surface area contributed by atoms with E-state index in [4.69, 9.17) is 5.73 Å². The van der Waals surface area contributed by atoms with Gasteiger partial charge in [0.05, 0.1) is 6.54 Å². The Labute approximate surface area is 82.5 Å². The van der Waals surface area contributed by atoms with Crippen LogP contribution in [0.5, 0.6) is 0 Å². The number of carbonyl (C=O) groups is 1. The van der Waals surface area contributed by atoms with Crippen LogP contribution in [0.2, 0.25) is 0 Å². The molecule has 14 heavy (non-hydrogen) atoms. The van der Waals surface area contributed by atoms with Crippen molar-refractivity contribution in [3.05, 3.63) is 12.3 Å². The lowest BCUT2D eigenvalue weighted by molar-refractivity contribution is -0.127. The standard InChI is InChI=1S/C9H14N4O/c10-8-3-5-13(11-8)7-6-12-4-1-2-9(12)14/h3,5H,1-2,4,6-7H2,(H2,10,11). The fourth-order valence-corrected chi connectivity index (χ4v) is 1.67. The maximum atomic E-state index is 11.3. The third-order valence-electron chi connectivity index (χ3n) is 2.43. The van der Waals surface area contributed by atoms with E-state index in [1.54, 1.807) is 10.7 Å². The number of carbonyl (C=O) groups excluding carboxylic acids is 1. The highest BCUT2D eigenvalue weighted by molar-refractivity contribution is 5.77. The van der Waals surface area contributed by atoms with Gasteiger partial charge in [0.15, 0.2) is 0 Å². The number of anilines is 1. The molecule has 0 saturated carbocycles. The first-order valence-electron chi connectivity index (χ1n) is 4.82. The van der Waals surface area contributed by atoms with Gasteiger partial charge in [-0.05, 0) is 12.5 Å². The fraction of sp³-hybridized carbons (Fsp3) is 0.556. The molecule has 2 rings (SSSR count). The van der Waals surface area contributed by atoms with Crippen molar-refractivity contribution in [1.29, 1.82) is 0 Å². The minimum absolute atomic E-state index is 0.255. The lowest BCUT2D eigenvalue weighted by atomic mass is 10.4. The predicted octanol–water partition coefficient (Wildman–Crippen LogP) is 0.0877. The van der Waals surface area contributed by atoms with Gasteiger partial charge in [0, 0.05) is 25.7 Å². The van der Waals surface area contributed by atoms with Crippen molar-refractivity contribution in [1.82, 2.24) is 14.7 Å². The van der Waals surface area contributed by atoms with E-state index < -0.39 is 0 Å². The molecule has 1 aliphatic heterocycles. The Bertz CT molecular complexity index is 333. The van der Waals surface area contributed by atoms with Crippen molar-refractivity contribution in [3.8, 4) is 0 Å². The highest BCUT2D eigenvalue weighted by Gasteiger charge is 2.19. The fourth-order valence-electron chi connectivity index (χ4n) is 1.67. The molecule has 0 atom stereocenters. The molecule has 76 valence electrons. The molecular formula is C9H14N4O. The molecule has 0 radical (unpaired) electrons. The Balaban J connectivity index is 1.85. The zero-order valence-electron chi connectivity index (χ0n) is 8.02. The number of nitrogen functional groups attached to an aromatic ring is 1. The monoisotopic (exact) mass is 194 g/mol. The third-order valence-corrected chi connectivity index (χ3v) is 2.43. The molecule has 1 saturated heterocycles. The molecule has 1 aliphatic rings. The first-order valence-corrected chi connectivity index (χ1v) is 4.82. The summed E-state index contributed by atoms with van der Waals surface area (Å²) in [6.45, 7) is 2.35. The normalized spacial score (nSPS) is 16.6. The second kappa shape index (κ2) is 3.69. The van der Waals surface area contributed by atoms with Gasteiger partial charge in [-0.1, -0.05) is 0 Å². The molecule has 5 heteroatoms. The van der Waals surface area contributed by atoms with E-state index in [2.05, 4.69) is 5.10 Å². The second-order valence-electron chi connectivity index (χ2n) is 3.49. The predicted molar refractivity (Wildman–Crippen MR) is 52.5 cm³/mol. The Kier molecular flexibility index (Phi) is 2.39. The van der Waals surface area contributed by atoms with Crippen LogP contribution < -0.4 is 5.73 Å². The molecule has 2 N–H and O–H groups in total. The Morgan fingerprint density at radius 1 is 1.50 bits per heavy atom. The summed E-state index contributed by atoms with van der Waals surface area (Å²) in [6, 6.07) is 1.76. The molecule has 0 aliphatic carbocycles. The maximum Gasteiger partial charge on any atom is 0.222 e. The van der Waals surface area contributed by atoms with Crippen molar-refractivity contribution in [2.75, 3.05) is 18.8 Å². The molecular weight excluding hydrogens is 180 g/mol. The maximum absolute atomic E-state index is 11.3. The van der Waals surface area contributed by atoms with Crippen molar-refractivity contribution in [2.24, 2.45) is 0 Å². The molecule has 1 amide bonds. The summed E-state index contributed by atoms with van der Waals surface area (Å²) < 4.78 is 1.76. The van der Waals surface area contributed by atoms with Gasteiger partial charge >= 0.3 is 0 Å². The molecule has 1 aromatic heterocycles. The minimum Gasteiger partial charge on any atom is -0.382 e. The van der Waals surface area contributed by atoms with Gasteiger partial charge in [0.1, 0.15) is 5.82 Å². The number of amides is 1. The first-order chi connectivity index (χ1) is 6.75. The highest BCUT2D eigenvalue weighted by atomic mass is 16.2. The SMILES string of the molecule is Nc1ccn(CCN2CCCC2=O)n1. The van der Waals surface area contributed by atoms with Gasteiger partial charge in [-0.25, -0.2) is 0 Å². The summed E-state index contributed by atoms with van der Waals surface area (Å²) in [5.74, 6) is 0.780. The summed E-state index contributed by atoms with van der Waals surface area (Å²) in [4.78, 5) is 13.1. The van der Waals surface area contributed by atoms with Crippen LogP contribution in [0.1, 0.15) is 12.8 Å². The Morgan fingerprint density at radius 2 is 2.36 bits per heavy atom. The van der Waals surface area contributed by atoms with Gasteiger partial charge in [0.2, 0.25) is 5.91 Å². The van der Waals surface area contributed by atoms with Gasteiger partial charge in [-0.2, -0.15) is 5.10 Å². The molecule has 0 spiro atoms. The largest absolute Gasteiger partial charge is 0.382 e. The van der Waals surface area contributed by atoms with E-state index in [0.717, 1.165) is 26.1 Å². The van der Waals surface area contributed by atoms with Crippen LogP contribution in [-0.2, 0) is 11.3 Å². The molecule has 0 bridgehead atoms. The zero-order chi connectivity index (χ0) is 9.97. The number of nitrogens with two attached hydrogens (primary N) is 1. The number of rotatable bonds is 3. The van der Waals surface area contributed by atoms with Crippen molar-refractivity contribution in [2.45, 2.75) is 19.4 Å². The van der Waals surface area contributed by atoms with Crippen molar-refractivity contribution >= 4 is 11.7 Å². The van der Waals surface area contributed by atoms with Gasteiger partial charge in [0.25, 0.3) is 0 Å². The molecule has 1 fully saturated rings. The number of nitrogens with zero attached hydrogens (tertiary/aromatic N) is 3. The van der Waals surface area contributed by atoms with Crippen LogP contribution in [0, 0.1) is 0 Å². The van der Waals surface area contributed by atoms with E-state index in [9.17, 15) is 4.79 Å². The van der Waals surface area contributed by atoms with E-state index in [-0.39, 0.29) is 5.91 Å². The van der Waals surface area contributed by atoms with E-state index in [0.29, 0.717) is 12.2 Å². The molecule has 0 aromatic carbocycles. The molecule has 5 nitrogen and oxygen atoms in total. The summed E-state index contributed by atoms with van der Waals surface area (Å²) in [5.41, 5.74) is 5.48. The lowest BCUT2D eigenvalue weighted by Crippen LogP contribution is -2.28. The average Bonchev–Trinajstić information content (AvgIpc) is 2.72. The summed E-state index contributed by atoms with van der Waals surface area (Å²) >= 11 is 0. The number of likely N-dealkylation sites (tertiary alicyclic amines) is 1. The van der Waals surface area contributed by atoms with Crippen LogP contribution in [0.25, 0.3) is 0 Å². The van der Waals surface area contributed by atoms with E-state index in [1.807, 2.05) is 11.1 Å². The Hall–Kier alpha value is -1.52. The lowest BCUT2D eigenvalue weighted by Gasteiger charge is -2.14. The summed E-state index contributed by atoms with van der Waals surface area (Å²) in [7, 11) is 0. The number of hydrogen-bond donors (Lipinski definition) is 1. The van der Waals surface area contributed by atoms with Crippen LogP contribution >= 0.6 is 0 Å². The summed E-state index contributed by atoms with van der Waals surface area (Å²) in [6.07, 6.45) is 3.51. The zero-order valence-corrected chi connectivity index (χ0v) is 8.02.